The summed E-state index contributed by atoms with van der Waals surface area (Å²) < 4.78 is 5.81. The molecule has 118 valence electrons. The fourth-order valence-corrected chi connectivity index (χ4v) is 2.35. The molecule has 0 saturated carbocycles. The maximum Gasteiger partial charge on any atom is 0.120 e. The number of aliphatic hydroxyl groups is 1. The molecule has 0 aromatic heterocycles. The largest absolute Gasteiger partial charge is 0.489 e. The lowest BCUT2D eigenvalue weighted by Gasteiger charge is -2.14. The van der Waals surface area contributed by atoms with E-state index in [4.69, 9.17) is 16.3 Å². The molecule has 2 N–H and O–H groups in total. The molecular formula is C18H22ClNO2. The van der Waals surface area contributed by atoms with E-state index < -0.39 is 0 Å². The molecule has 1 atom stereocenters. The number of hydrogen-bond acceptors (Lipinski definition) is 3. The van der Waals surface area contributed by atoms with Gasteiger partial charge in [-0.15, -0.1) is 0 Å². The molecule has 0 amide bonds. The van der Waals surface area contributed by atoms with Crippen molar-refractivity contribution in [1.82, 2.24) is 5.32 Å². The highest BCUT2D eigenvalue weighted by molar-refractivity contribution is 6.30. The quantitative estimate of drug-likeness (QED) is 0.778. The van der Waals surface area contributed by atoms with Crippen LogP contribution in [0.5, 0.6) is 5.75 Å². The molecule has 0 aliphatic rings. The van der Waals surface area contributed by atoms with E-state index in [0.29, 0.717) is 18.2 Å². The van der Waals surface area contributed by atoms with E-state index >= 15 is 0 Å². The smallest absolute Gasteiger partial charge is 0.120 e. The zero-order valence-electron chi connectivity index (χ0n) is 12.8. The Morgan fingerprint density at radius 2 is 1.91 bits per heavy atom. The van der Waals surface area contributed by atoms with Gasteiger partial charge in [-0.25, -0.2) is 0 Å². The lowest BCUT2D eigenvalue weighted by molar-refractivity contribution is 0.238. The predicted molar refractivity (Wildman–Crippen MR) is 90.2 cm³/mol. The molecule has 1 unspecified atom stereocenters. The van der Waals surface area contributed by atoms with E-state index in [-0.39, 0.29) is 12.6 Å². The molecule has 2 aromatic rings. The molecule has 0 aliphatic heterocycles. The average molecular weight is 320 g/mol. The Morgan fingerprint density at radius 1 is 1.14 bits per heavy atom. The molecule has 2 aromatic carbocycles. The Labute approximate surface area is 136 Å². The van der Waals surface area contributed by atoms with Gasteiger partial charge in [-0.05, 0) is 41.8 Å². The molecule has 0 heterocycles. The summed E-state index contributed by atoms with van der Waals surface area (Å²) >= 11 is 5.97. The predicted octanol–water partition coefficient (Wildman–Crippen LogP) is 3.78. The first-order chi connectivity index (χ1) is 10.7. The summed E-state index contributed by atoms with van der Waals surface area (Å²) in [5.74, 6) is 0.830. The number of hydrogen-bond donors (Lipinski definition) is 2. The first-order valence-corrected chi connectivity index (χ1v) is 7.89. The van der Waals surface area contributed by atoms with Crippen molar-refractivity contribution in [3.05, 3.63) is 64.7 Å². The zero-order chi connectivity index (χ0) is 15.8. The Hall–Kier alpha value is -1.55. The second-order valence-corrected chi connectivity index (χ2v) is 5.67. The third kappa shape index (κ3) is 5.34. The van der Waals surface area contributed by atoms with Gasteiger partial charge < -0.3 is 15.2 Å². The van der Waals surface area contributed by atoms with Crippen LogP contribution >= 0.6 is 11.6 Å². The van der Waals surface area contributed by atoms with Gasteiger partial charge in [0.2, 0.25) is 0 Å². The molecule has 0 fully saturated rings. The molecule has 0 bridgehead atoms. The van der Waals surface area contributed by atoms with Crippen LogP contribution in [-0.2, 0) is 13.2 Å². The summed E-state index contributed by atoms with van der Waals surface area (Å²) in [4.78, 5) is 0. The van der Waals surface area contributed by atoms with Crippen molar-refractivity contribution in [2.24, 2.45) is 0 Å². The summed E-state index contributed by atoms with van der Waals surface area (Å²) in [6.07, 6.45) is 0.904. The van der Waals surface area contributed by atoms with Crippen LogP contribution in [0.2, 0.25) is 5.02 Å². The molecule has 0 spiro atoms. The fraction of sp³-hybridized carbons (Fsp3) is 0.333. The van der Waals surface area contributed by atoms with Crippen molar-refractivity contribution in [2.75, 3.05) is 6.61 Å². The lowest BCUT2D eigenvalue weighted by Crippen LogP contribution is -2.31. The Bertz CT molecular complexity index is 585. The maximum absolute atomic E-state index is 9.19. The number of rotatable bonds is 8. The van der Waals surface area contributed by atoms with E-state index in [1.165, 1.54) is 0 Å². The molecule has 22 heavy (non-hydrogen) atoms. The molecule has 0 radical (unpaired) electrons. The molecule has 0 saturated heterocycles. The van der Waals surface area contributed by atoms with Gasteiger partial charge in [-0.3, -0.25) is 0 Å². The summed E-state index contributed by atoms with van der Waals surface area (Å²) in [5.41, 5.74) is 2.18. The maximum atomic E-state index is 9.19. The van der Waals surface area contributed by atoms with Gasteiger partial charge >= 0.3 is 0 Å². The van der Waals surface area contributed by atoms with Crippen LogP contribution in [-0.4, -0.2) is 17.8 Å². The van der Waals surface area contributed by atoms with Crippen molar-refractivity contribution >= 4 is 11.6 Å². The van der Waals surface area contributed by atoms with Gasteiger partial charge in [0, 0.05) is 17.6 Å². The minimum atomic E-state index is 0.135. The number of nitrogens with one attached hydrogen (secondary N) is 1. The number of aliphatic hydroxyl groups excluding tert-OH is 1. The number of ether oxygens (including phenoxy) is 1. The van der Waals surface area contributed by atoms with Crippen LogP contribution in [0.25, 0.3) is 0 Å². The van der Waals surface area contributed by atoms with Crippen LogP contribution in [0.1, 0.15) is 24.5 Å². The molecular weight excluding hydrogens is 298 g/mol. The highest BCUT2D eigenvalue weighted by Crippen LogP contribution is 2.17. The first-order valence-electron chi connectivity index (χ1n) is 7.51. The normalized spacial score (nSPS) is 12.1. The van der Waals surface area contributed by atoms with E-state index in [2.05, 4.69) is 12.2 Å². The molecule has 2 rings (SSSR count). The summed E-state index contributed by atoms with van der Waals surface area (Å²) in [6.45, 7) is 3.42. The Morgan fingerprint density at radius 3 is 2.64 bits per heavy atom. The van der Waals surface area contributed by atoms with Crippen molar-refractivity contribution in [1.29, 1.82) is 0 Å². The summed E-state index contributed by atoms with van der Waals surface area (Å²) in [6, 6.07) is 15.8. The van der Waals surface area contributed by atoms with Gasteiger partial charge in [-0.2, -0.15) is 0 Å². The van der Waals surface area contributed by atoms with E-state index in [9.17, 15) is 5.11 Å². The second-order valence-electron chi connectivity index (χ2n) is 5.23. The Balaban J connectivity index is 1.91. The van der Waals surface area contributed by atoms with Crippen molar-refractivity contribution in [3.63, 3.8) is 0 Å². The topological polar surface area (TPSA) is 41.5 Å². The van der Waals surface area contributed by atoms with Crippen LogP contribution in [0.15, 0.2) is 48.5 Å². The SMILES string of the molecule is CCC(CO)NCc1cccc(OCc2cccc(Cl)c2)c1. The molecule has 4 heteroatoms. The number of benzene rings is 2. The minimum Gasteiger partial charge on any atom is -0.489 e. The van der Waals surface area contributed by atoms with Crippen LogP contribution < -0.4 is 10.1 Å². The lowest BCUT2D eigenvalue weighted by atomic mass is 10.2. The van der Waals surface area contributed by atoms with Gasteiger partial charge in [0.1, 0.15) is 12.4 Å². The highest BCUT2D eigenvalue weighted by atomic mass is 35.5. The van der Waals surface area contributed by atoms with Gasteiger partial charge in [0.25, 0.3) is 0 Å². The highest BCUT2D eigenvalue weighted by Gasteiger charge is 2.04. The van der Waals surface area contributed by atoms with Gasteiger partial charge in [0.05, 0.1) is 6.61 Å². The second kappa shape index (κ2) is 8.79. The average Bonchev–Trinajstić information content (AvgIpc) is 2.54. The van der Waals surface area contributed by atoms with Crippen molar-refractivity contribution < 1.29 is 9.84 Å². The summed E-state index contributed by atoms with van der Waals surface area (Å²) in [7, 11) is 0. The molecule has 3 nitrogen and oxygen atoms in total. The van der Waals surface area contributed by atoms with Crippen molar-refractivity contribution in [3.8, 4) is 5.75 Å². The van der Waals surface area contributed by atoms with Gasteiger partial charge in [0.15, 0.2) is 0 Å². The number of halogens is 1. The zero-order valence-corrected chi connectivity index (χ0v) is 13.5. The monoisotopic (exact) mass is 319 g/mol. The van der Waals surface area contributed by atoms with E-state index in [1.807, 2.05) is 48.5 Å². The summed E-state index contributed by atoms with van der Waals surface area (Å²) in [5, 5.41) is 13.2. The Kier molecular flexibility index (Phi) is 6.72. The van der Waals surface area contributed by atoms with Crippen LogP contribution in [0, 0.1) is 0 Å². The minimum absolute atomic E-state index is 0.135. The van der Waals surface area contributed by atoms with E-state index in [1.54, 1.807) is 0 Å². The molecule has 0 aliphatic carbocycles. The third-order valence-corrected chi connectivity index (χ3v) is 3.74. The van der Waals surface area contributed by atoms with Crippen LogP contribution in [0.4, 0.5) is 0 Å². The van der Waals surface area contributed by atoms with E-state index in [0.717, 1.165) is 23.3 Å². The van der Waals surface area contributed by atoms with Crippen LogP contribution in [0.3, 0.4) is 0 Å². The fourth-order valence-electron chi connectivity index (χ4n) is 2.14. The first kappa shape index (κ1) is 16.8. The third-order valence-electron chi connectivity index (χ3n) is 3.50. The van der Waals surface area contributed by atoms with Crippen molar-refractivity contribution in [2.45, 2.75) is 32.5 Å². The standard InChI is InChI=1S/C18H22ClNO2/c1-2-17(12-21)20-11-14-5-4-8-18(10-14)22-13-15-6-3-7-16(19)9-15/h3-10,17,20-21H,2,11-13H2,1H3. The van der Waals surface area contributed by atoms with Gasteiger partial charge in [-0.1, -0.05) is 42.8 Å².